The van der Waals surface area contributed by atoms with Crippen LogP contribution in [0.3, 0.4) is 0 Å². The summed E-state index contributed by atoms with van der Waals surface area (Å²) in [7, 11) is 0. The van der Waals surface area contributed by atoms with Gasteiger partial charge in [0.15, 0.2) is 5.92 Å². The Hall–Kier alpha value is -2.61. The van der Waals surface area contributed by atoms with Crippen LogP contribution in [-0.4, -0.2) is 41.0 Å². The van der Waals surface area contributed by atoms with E-state index in [0.29, 0.717) is 5.56 Å². The highest BCUT2D eigenvalue weighted by Gasteiger charge is 2.39. The Kier molecular flexibility index (Phi) is 5.41. The Morgan fingerprint density at radius 2 is 1.88 bits per heavy atom. The first-order chi connectivity index (χ1) is 12.5. The van der Waals surface area contributed by atoms with E-state index in [9.17, 15) is 18.8 Å². The number of barbiturate groups is 1. The molecule has 1 saturated carbocycles. The van der Waals surface area contributed by atoms with Crippen molar-refractivity contribution < 1.29 is 18.8 Å². The number of nitrogens with two attached hydrogens (primary N) is 1. The summed E-state index contributed by atoms with van der Waals surface area (Å²) in [6.45, 7) is -0.0501. The van der Waals surface area contributed by atoms with E-state index < -0.39 is 29.6 Å². The minimum atomic E-state index is -1.16. The molecule has 7 nitrogen and oxygen atoms in total. The molecule has 3 rings (SSSR count). The van der Waals surface area contributed by atoms with Gasteiger partial charge in [-0.25, -0.2) is 9.18 Å². The highest BCUT2D eigenvalue weighted by atomic mass is 19.1. The summed E-state index contributed by atoms with van der Waals surface area (Å²) in [4.78, 5) is 42.0. The van der Waals surface area contributed by atoms with Crippen molar-refractivity contribution in [3.63, 3.8) is 0 Å². The zero-order chi connectivity index (χ0) is 18.7. The molecule has 3 N–H and O–H groups in total. The largest absolute Gasteiger partial charge is 0.331 e. The molecule has 1 heterocycles. The van der Waals surface area contributed by atoms with Gasteiger partial charge < -0.3 is 5.73 Å². The van der Waals surface area contributed by atoms with Crippen molar-refractivity contribution in [3.05, 3.63) is 35.6 Å². The molecule has 0 aromatic heterocycles. The maximum atomic E-state index is 13.0. The average Bonchev–Trinajstić information content (AvgIpc) is 2.61. The first-order valence-corrected chi connectivity index (χ1v) is 8.65. The van der Waals surface area contributed by atoms with E-state index in [1.165, 1.54) is 30.5 Å². The third kappa shape index (κ3) is 3.96. The molecule has 1 aromatic carbocycles. The average molecular weight is 360 g/mol. The lowest BCUT2D eigenvalue weighted by Gasteiger charge is -2.29. The Labute approximate surface area is 150 Å². The minimum Gasteiger partial charge on any atom is -0.326 e. The van der Waals surface area contributed by atoms with E-state index in [2.05, 4.69) is 10.3 Å². The topological polar surface area (TPSA) is 105 Å². The van der Waals surface area contributed by atoms with Crippen LogP contribution in [0.2, 0.25) is 0 Å². The zero-order valence-electron chi connectivity index (χ0n) is 14.2. The number of nitrogens with one attached hydrogen (secondary N) is 1. The molecule has 0 radical (unpaired) electrons. The van der Waals surface area contributed by atoms with E-state index >= 15 is 0 Å². The fourth-order valence-electron chi connectivity index (χ4n) is 3.21. The Balaban J connectivity index is 1.73. The van der Waals surface area contributed by atoms with Gasteiger partial charge in [0.05, 0.1) is 12.6 Å². The van der Waals surface area contributed by atoms with Gasteiger partial charge >= 0.3 is 6.03 Å². The normalized spacial score (nSPS) is 27.1. The van der Waals surface area contributed by atoms with Gasteiger partial charge in [0.2, 0.25) is 11.8 Å². The SMILES string of the molecule is N[C@H]1CCCC[C@H]1N=C[C@H]1C(=O)NC(=O)N(Cc2ccc(F)cc2)C1=O. The number of imide groups is 2. The summed E-state index contributed by atoms with van der Waals surface area (Å²) in [6, 6.07) is 4.47. The summed E-state index contributed by atoms with van der Waals surface area (Å²) in [6.07, 6.45) is 5.05. The van der Waals surface area contributed by atoms with Gasteiger partial charge in [-0.1, -0.05) is 25.0 Å². The number of benzene rings is 1. The smallest absolute Gasteiger partial charge is 0.326 e. The number of halogens is 1. The summed E-state index contributed by atoms with van der Waals surface area (Å²) >= 11 is 0. The molecular weight excluding hydrogens is 339 g/mol. The molecule has 1 saturated heterocycles. The van der Waals surface area contributed by atoms with Crippen molar-refractivity contribution in [2.24, 2.45) is 16.6 Å². The monoisotopic (exact) mass is 360 g/mol. The number of nitrogens with zero attached hydrogens (tertiary/aromatic N) is 2. The summed E-state index contributed by atoms with van der Waals surface area (Å²) in [5, 5.41) is 2.17. The quantitative estimate of drug-likeness (QED) is 0.625. The van der Waals surface area contributed by atoms with Crippen LogP contribution < -0.4 is 11.1 Å². The number of carbonyl (C=O) groups is 3. The minimum absolute atomic E-state index is 0.0501. The molecule has 1 aromatic rings. The van der Waals surface area contributed by atoms with Crippen LogP contribution in [0.1, 0.15) is 31.2 Å². The van der Waals surface area contributed by atoms with Crippen molar-refractivity contribution in [1.29, 1.82) is 0 Å². The van der Waals surface area contributed by atoms with Crippen LogP contribution in [-0.2, 0) is 16.1 Å². The number of urea groups is 1. The molecule has 0 bridgehead atoms. The molecule has 2 aliphatic rings. The first kappa shape index (κ1) is 18.2. The van der Waals surface area contributed by atoms with Gasteiger partial charge in [-0.3, -0.25) is 24.8 Å². The molecule has 2 fully saturated rings. The van der Waals surface area contributed by atoms with E-state index in [0.717, 1.165) is 30.6 Å². The molecule has 0 spiro atoms. The molecular formula is C18H21FN4O3. The third-order valence-electron chi connectivity index (χ3n) is 4.75. The lowest BCUT2D eigenvalue weighted by molar-refractivity contribution is -0.139. The van der Waals surface area contributed by atoms with Crippen molar-refractivity contribution in [2.45, 2.75) is 44.3 Å². The van der Waals surface area contributed by atoms with Crippen LogP contribution in [0.25, 0.3) is 0 Å². The maximum Gasteiger partial charge on any atom is 0.331 e. The number of amides is 4. The highest BCUT2D eigenvalue weighted by Crippen LogP contribution is 2.20. The van der Waals surface area contributed by atoms with E-state index in [1.54, 1.807) is 0 Å². The second kappa shape index (κ2) is 7.74. The van der Waals surface area contributed by atoms with Crippen LogP contribution in [0.15, 0.2) is 29.3 Å². The van der Waals surface area contributed by atoms with Crippen molar-refractivity contribution >= 4 is 24.1 Å². The molecule has 4 amide bonds. The lowest BCUT2D eigenvalue weighted by atomic mass is 9.91. The number of rotatable bonds is 4. The number of carbonyl (C=O) groups excluding carboxylic acids is 3. The molecule has 0 unspecified atom stereocenters. The second-order valence-electron chi connectivity index (χ2n) is 6.64. The number of aliphatic imine (C=N–C) groups is 1. The van der Waals surface area contributed by atoms with Gasteiger partial charge in [-0.15, -0.1) is 0 Å². The maximum absolute atomic E-state index is 13.0. The fourth-order valence-corrected chi connectivity index (χ4v) is 3.21. The Morgan fingerprint density at radius 3 is 2.58 bits per heavy atom. The first-order valence-electron chi connectivity index (χ1n) is 8.65. The predicted octanol–water partition coefficient (Wildman–Crippen LogP) is 1.36. The van der Waals surface area contributed by atoms with Gasteiger partial charge in [0.25, 0.3) is 0 Å². The Morgan fingerprint density at radius 1 is 1.19 bits per heavy atom. The van der Waals surface area contributed by atoms with Gasteiger partial charge in [0.1, 0.15) is 5.82 Å². The van der Waals surface area contributed by atoms with E-state index in [-0.39, 0.29) is 18.6 Å². The molecule has 1 aliphatic heterocycles. The zero-order valence-corrected chi connectivity index (χ0v) is 14.2. The Bertz CT molecular complexity index is 734. The third-order valence-corrected chi connectivity index (χ3v) is 4.75. The number of hydrogen-bond acceptors (Lipinski definition) is 5. The lowest BCUT2D eigenvalue weighted by Crippen LogP contribution is -2.58. The molecule has 8 heteroatoms. The summed E-state index contributed by atoms with van der Waals surface area (Å²) < 4.78 is 13.0. The van der Waals surface area contributed by atoms with Gasteiger partial charge in [0, 0.05) is 12.3 Å². The molecule has 1 aliphatic carbocycles. The van der Waals surface area contributed by atoms with Crippen molar-refractivity contribution in [2.75, 3.05) is 0 Å². The summed E-state index contributed by atoms with van der Waals surface area (Å²) in [5.41, 5.74) is 6.61. The van der Waals surface area contributed by atoms with Crippen molar-refractivity contribution in [3.8, 4) is 0 Å². The molecule has 3 atom stereocenters. The molecule has 26 heavy (non-hydrogen) atoms. The van der Waals surface area contributed by atoms with Crippen molar-refractivity contribution in [1.82, 2.24) is 10.2 Å². The highest BCUT2D eigenvalue weighted by molar-refractivity contribution is 6.23. The van der Waals surface area contributed by atoms with Gasteiger partial charge in [-0.05, 0) is 30.5 Å². The van der Waals surface area contributed by atoms with Gasteiger partial charge in [-0.2, -0.15) is 0 Å². The van der Waals surface area contributed by atoms with Crippen LogP contribution in [0.4, 0.5) is 9.18 Å². The molecule has 138 valence electrons. The fraction of sp³-hybridized carbons (Fsp3) is 0.444. The predicted molar refractivity (Wildman–Crippen MR) is 92.7 cm³/mol. The van der Waals surface area contributed by atoms with Crippen LogP contribution in [0.5, 0.6) is 0 Å². The summed E-state index contributed by atoms with van der Waals surface area (Å²) in [5.74, 6) is -2.91. The van der Waals surface area contributed by atoms with E-state index in [1.807, 2.05) is 0 Å². The standard InChI is InChI=1S/C18H21FN4O3/c19-12-7-5-11(6-8-12)10-23-17(25)13(16(24)22-18(23)26)9-21-15-4-2-1-3-14(15)20/h5-9,13-15H,1-4,10,20H2,(H,22,24,26)/t13-,14-,15+/m0/s1. The van der Waals surface area contributed by atoms with Crippen LogP contribution >= 0.6 is 0 Å². The number of hydrogen-bond donors (Lipinski definition) is 2. The van der Waals surface area contributed by atoms with Crippen LogP contribution in [0, 0.1) is 11.7 Å². The van der Waals surface area contributed by atoms with E-state index in [4.69, 9.17) is 5.73 Å². The second-order valence-corrected chi connectivity index (χ2v) is 6.64.